The van der Waals surface area contributed by atoms with Crippen molar-refractivity contribution in [2.45, 2.75) is 40.4 Å². The Balaban J connectivity index is 1.83. The van der Waals surface area contributed by atoms with Crippen LogP contribution in [0, 0.1) is 5.92 Å². The lowest BCUT2D eigenvalue weighted by Gasteiger charge is -2.11. The van der Waals surface area contributed by atoms with Gasteiger partial charge in [-0.3, -0.25) is 4.79 Å². The average Bonchev–Trinajstić information content (AvgIpc) is 2.87. The highest BCUT2D eigenvalue weighted by Gasteiger charge is 2.04. The predicted molar refractivity (Wildman–Crippen MR) is 88.4 cm³/mol. The van der Waals surface area contributed by atoms with Crippen LogP contribution in [0.15, 0.2) is 36.8 Å². The van der Waals surface area contributed by atoms with Crippen LogP contribution in [0.1, 0.15) is 32.0 Å². The molecule has 1 amide bonds. The average molecular weight is 300 g/mol. The number of hydrogen-bond acceptors (Lipinski definition) is 3. The molecule has 0 saturated heterocycles. The third-order valence-corrected chi connectivity index (χ3v) is 3.27. The second-order valence-electron chi connectivity index (χ2n) is 5.91. The lowest BCUT2D eigenvalue weighted by Crippen LogP contribution is -2.17. The molecule has 0 fully saturated rings. The summed E-state index contributed by atoms with van der Waals surface area (Å²) in [6.07, 6.45) is 3.80. The van der Waals surface area contributed by atoms with Crippen LogP contribution in [-0.4, -0.2) is 15.5 Å². The molecular weight excluding hydrogens is 276 g/mol. The number of carbonyl (C=O) groups is 1. The highest BCUT2D eigenvalue weighted by atomic mass is 16.1. The molecule has 22 heavy (non-hydrogen) atoms. The van der Waals surface area contributed by atoms with E-state index in [1.54, 1.807) is 0 Å². The Morgan fingerprint density at radius 3 is 2.59 bits per heavy atom. The van der Waals surface area contributed by atoms with Crippen molar-refractivity contribution >= 4 is 11.6 Å². The number of amides is 1. The number of rotatable bonds is 7. The number of hydrogen-bond donors (Lipinski definition) is 2. The summed E-state index contributed by atoms with van der Waals surface area (Å²) in [7, 11) is 0. The quantitative estimate of drug-likeness (QED) is 0.826. The SMILES string of the molecule is CC(=O)Nc1ccc(CNCc2cncn2CC(C)C)cc1. The number of aromatic nitrogens is 2. The fraction of sp³-hybridized carbons (Fsp3) is 0.412. The molecule has 0 radical (unpaired) electrons. The van der Waals surface area contributed by atoms with E-state index in [0.717, 1.165) is 25.3 Å². The summed E-state index contributed by atoms with van der Waals surface area (Å²) in [4.78, 5) is 15.2. The van der Waals surface area contributed by atoms with Gasteiger partial charge in [0.05, 0.1) is 12.0 Å². The molecule has 0 aliphatic carbocycles. The summed E-state index contributed by atoms with van der Waals surface area (Å²) >= 11 is 0. The molecule has 1 heterocycles. The van der Waals surface area contributed by atoms with E-state index < -0.39 is 0 Å². The maximum atomic E-state index is 11.0. The largest absolute Gasteiger partial charge is 0.333 e. The first kappa shape index (κ1) is 16.2. The van der Waals surface area contributed by atoms with Gasteiger partial charge in [0, 0.05) is 38.4 Å². The molecule has 0 aliphatic rings. The van der Waals surface area contributed by atoms with Crippen LogP contribution in [0.2, 0.25) is 0 Å². The maximum absolute atomic E-state index is 11.0. The molecule has 0 saturated carbocycles. The van der Waals surface area contributed by atoms with E-state index in [1.807, 2.05) is 36.8 Å². The molecule has 0 spiro atoms. The van der Waals surface area contributed by atoms with Crippen molar-refractivity contribution in [3.63, 3.8) is 0 Å². The van der Waals surface area contributed by atoms with Gasteiger partial charge in [-0.05, 0) is 23.6 Å². The van der Waals surface area contributed by atoms with Crippen molar-refractivity contribution in [2.24, 2.45) is 5.92 Å². The van der Waals surface area contributed by atoms with E-state index in [1.165, 1.54) is 18.2 Å². The Morgan fingerprint density at radius 1 is 1.23 bits per heavy atom. The van der Waals surface area contributed by atoms with Gasteiger partial charge in [0.2, 0.25) is 5.91 Å². The van der Waals surface area contributed by atoms with Gasteiger partial charge in [0.1, 0.15) is 0 Å². The van der Waals surface area contributed by atoms with Crippen molar-refractivity contribution in [2.75, 3.05) is 5.32 Å². The first-order valence-electron chi connectivity index (χ1n) is 7.61. The highest BCUT2D eigenvalue weighted by Crippen LogP contribution is 2.10. The second kappa shape index (κ2) is 7.75. The number of nitrogens with one attached hydrogen (secondary N) is 2. The smallest absolute Gasteiger partial charge is 0.221 e. The molecule has 0 bridgehead atoms. The van der Waals surface area contributed by atoms with Crippen LogP contribution in [0.25, 0.3) is 0 Å². The lowest BCUT2D eigenvalue weighted by molar-refractivity contribution is -0.114. The van der Waals surface area contributed by atoms with Gasteiger partial charge in [0.15, 0.2) is 0 Å². The monoisotopic (exact) mass is 300 g/mol. The van der Waals surface area contributed by atoms with Crippen LogP contribution < -0.4 is 10.6 Å². The third kappa shape index (κ3) is 5.00. The van der Waals surface area contributed by atoms with Gasteiger partial charge < -0.3 is 15.2 Å². The molecule has 2 N–H and O–H groups in total. The first-order valence-corrected chi connectivity index (χ1v) is 7.61. The zero-order chi connectivity index (χ0) is 15.9. The summed E-state index contributed by atoms with van der Waals surface area (Å²) in [6, 6.07) is 7.87. The van der Waals surface area contributed by atoms with Crippen LogP contribution in [0.5, 0.6) is 0 Å². The third-order valence-electron chi connectivity index (χ3n) is 3.27. The molecule has 5 nitrogen and oxygen atoms in total. The normalized spacial score (nSPS) is 10.9. The van der Waals surface area contributed by atoms with Gasteiger partial charge in [-0.2, -0.15) is 0 Å². The van der Waals surface area contributed by atoms with Crippen molar-refractivity contribution in [1.82, 2.24) is 14.9 Å². The summed E-state index contributed by atoms with van der Waals surface area (Å²) in [5.41, 5.74) is 3.21. The van der Waals surface area contributed by atoms with Gasteiger partial charge in [-0.1, -0.05) is 26.0 Å². The number of imidazole rings is 1. The van der Waals surface area contributed by atoms with E-state index in [0.29, 0.717) is 5.92 Å². The molecule has 1 aromatic heterocycles. The van der Waals surface area contributed by atoms with Crippen molar-refractivity contribution < 1.29 is 4.79 Å². The zero-order valence-corrected chi connectivity index (χ0v) is 13.5. The van der Waals surface area contributed by atoms with E-state index in [-0.39, 0.29) is 5.91 Å². The van der Waals surface area contributed by atoms with E-state index in [9.17, 15) is 4.79 Å². The molecule has 118 valence electrons. The zero-order valence-electron chi connectivity index (χ0n) is 13.5. The second-order valence-corrected chi connectivity index (χ2v) is 5.91. The molecule has 0 unspecified atom stereocenters. The van der Waals surface area contributed by atoms with E-state index in [4.69, 9.17) is 0 Å². The minimum absolute atomic E-state index is 0.0516. The summed E-state index contributed by atoms with van der Waals surface area (Å²) < 4.78 is 2.19. The summed E-state index contributed by atoms with van der Waals surface area (Å²) in [5.74, 6) is 0.554. The highest BCUT2D eigenvalue weighted by molar-refractivity contribution is 5.88. The number of carbonyl (C=O) groups excluding carboxylic acids is 1. The van der Waals surface area contributed by atoms with Crippen molar-refractivity contribution in [1.29, 1.82) is 0 Å². The molecule has 0 atom stereocenters. The van der Waals surface area contributed by atoms with Gasteiger partial charge in [-0.15, -0.1) is 0 Å². The van der Waals surface area contributed by atoms with Crippen LogP contribution >= 0.6 is 0 Å². The molecule has 2 rings (SSSR count). The van der Waals surface area contributed by atoms with Crippen molar-refractivity contribution in [3.05, 3.63) is 48.0 Å². The molecule has 0 aliphatic heterocycles. The Morgan fingerprint density at radius 2 is 1.95 bits per heavy atom. The van der Waals surface area contributed by atoms with Crippen molar-refractivity contribution in [3.8, 4) is 0 Å². The minimum Gasteiger partial charge on any atom is -0.333 e. The standard InChI is InChI=1S/C17H24N4O/c1-13(2)11-21-12-19-10-17(21)9-18-8-15-4-6-16(7-5-15)20-14(3)22/h4-7,10,12-13,18H,8-9,11H2,1-3H3,(H,20,22). The Bertz CT molecular complexity index is 601. The Hall–Kier alpha value is -2.14. The topological polar surface area (TPSA) is 59.0 Å². The lowest BCUT2D eigenvalue weighted by atomic mass is 10.2. The predicted octanol–water partition coefficient (Wildman–Crippen LogP) is 2.79. The summed E-state index contributed by atoms with van der Waals surface area (Å²) in [6.45, 7) is 8.48. The van der Waals surface area contributed by atoms with Gasteiger partial charge in [0.25, 0.3) is 0 Å². The van der Waals surface area contributed by atoms with Crippen LogP contribution in [0.4, 0.5) is 5.69 Å². The molecular formula is C17H24N4O. The Labute approximate surface area is 131 Å². The molecule has 1 aromatic carbocycles. The minimum atomic E-state index is -0.0516. The summed E-state index contributed by atoms with van der Waals surface area (Å²) in [5, 5.41) is 6.19. The molecule has 2 aromatic rings. The number of anilines is 1. The molecule has 5 heteroatoms. The Kier molecular flexibility index (Phi) is 5.72. The number of nitrogens with zero attached hydrogens (tertiary/aromatic N) is 2. The van der Waals surface area contributed by atoms with Crippen LogP contribution in [0.3, 0.4) is 0 Å². The first-order chi connectivity index (χ1) is 10.5. The maximum Gasteiger partial charge on any atom is 0.221 e. The fourth-order valence-electron chi connectivity index (χ4n) is 2.30. The van der Waals surface area contributed by atoms with E-state index >= 15 is 0 Å². The fourth-order valence-corrected chi connectivity index (χ4v) is 2.30. The van der Waals surface area contributed by atoms with Gasteiger partial charge in [-0.25, -0.2) is 4.98 Å². The van der Waals surface area contributed by atoms with Gasteiger partial charge >= 0.3 is 0 Å². The van der Waals surface area contributed by atoms with Crippen LogP contribution in [-0.2, 0) is 24.4 Å². The number of benzene rings is 1. The van der Waals surface area contributed by atoms with E-state index in [2.05, 4.69) is 34.0 Å².